The number of amides is 2. The van der Waals surface area contributed by atoms with Crippen LogP contribution in [0.5, 0.6) is 0 Å². The Labute approximate surface area is 186 Å². The molecule has 2 N–H and O–H groups in total. The Morgan fingerprint density at radius 2 is 1.50 bits per heavy atom. The summed E-state index contributed by atoms with van der Waals surface area (Å²) in [5, 5.41) is 12.0. The molecule has 32 heavy (non-hydrogen) atoms. The Balaban J connectivity index is 1.15. The summed E-state index contributed by atoms with van der Waals surface area (Å²) in [6, 6.07) is 16.2. The van der Waals surface area contributed by atoms with Crippen LogP contribution in [0.2, 0.25) is 0 Å². The topological polar surface area (TPSA) is 95.9 Å². The minimum Gasteiger partial charge on any atom is -0.481 e. The second-order valence-corrected chi connectivity index (χ2v) is 8.94. The molecule has 0 radical (unpaired) electrons. The van der Waals surface area contributed by atoms with Crippen LogP contribution in [0.3, 0.4) is 0 Å². The number of fused-ring (bicyclic) bond motifs is 5. The fourth-order valence-electron chi connectivity index (χ4n) is 5.74. The van der Waals surface area contributed by atoms with E-state index < -0.39 is 12.1 Å². The highest BCUT2D eigenvalue weighted by Crippen LogP contribution is 2.44. The molecule has 1 saturated heterocycles. The van der Waals surface area contributed by atoms with E-state index in [-0.39, 0.29) is 42.7 Å². The average Bonchev–Trinajstić information content (AvgIpc) is 3.27. The molecule has 0 aromatic heterocycles. The van der Waals surface area contributed by atoms with E-state index in [0.29, 0.717) is 13.1 Å². The molecular formula is C25H26N2O5. The van der Waals surface area contributed by atoms with E-state index in [2.05, 4.69) is 29.6 Å². The summed E-state index contributed by atoms with van der Waals surface area (Å²) >= 11 is 0. The van der Waals surface area contributed by atoms with Gasteiger partial charge in [-0.3, -0.25) is 9.59 Å². The van der Waals surface area contributed by atoms with Crippen LogP contribution in [-0.4, -0.2) is 54.2 Å². The van der Waals surface area contributed by atoms with Crippen LogP contribution in [0.4, 0.5) is 4.79 Å². The van der Waals surface area contributed by atoms with Crippen LogP contribution >= 0.6 is 0 Å². The number of carboxylic acid groups (broad SMARTS) is 1. The lowest BCUT2D eigenvalue weighted by Gasteiger charge is -2.36. The van der Waals surface area contributed by atoms with Gasteiger partial charge in [-0.25, -0.2) is 4.79 Å². The first-order chi connectivity index (χ1) is 15.5. The molecule has 2 unspecified atom stereocenters. The lowest BCUT2D eigenvalue weighted by atomic mass is 9.85. The third kappa shape index (κ3) is 3.61. The molecule has 166 valence electrons. The van der Waals surface area contributed by atoms with Crippen molar-refractivity contribution in [2.24, 2.45) is 17.8 Å². The molecule has 1 heterocycles. The van der Waals surface area contributed by atoms with Crippen LogP contribution in [0.15, 0.2) is 48.5 Å². The summed E-state index contributed by atoms with van der Waals surface area (Å²) in [7, 11) is 0. The smallest absolute Gasteiger partial charge is 0.407 e. The van der Waals surface area contributed by atoms with Gasteiger partial charge in [0.1, 0.15) is 13.2 Å². The van der Waals surface area contributed by atoms with Crippen LogP contribution in [0.25, 0.3) is 11.1 Å². The zero-order valence-corrected chi connectivity index (χ0v) is 17.7. The van der Waals surface area contributed by atoms with E-state index in [1.54, 1.807) is 4.90 Å². The number of carbonyl (C=O) groups is 3. The van der Waals surface area contributed by atoms with Crippen LogP contribution in [-0.2, 0) is 14.3 Å². The molecule has 0 spiro atoms. The van der Waals surface area contributed by atoms with E-state index in [4.69, 9.17) is 4.74 Å². The number of carbonyl (C=O) groups excluding carboxylic acids is 2. The van der Waals surface area contributed by atoms with Gasteiger partial charge >= 0.3 is 12.1 Å². The molecule has 2 aromatic rings. The zero-order chi connectivity index (χ0) is 22.2. The van der Waals surface area contributed by atoms with Gasteiger partial charge in [-0.05, 0) is 46.9 Å². The normalized spacial score (nSPS) is 23.4. The Bertz CT molecular complexity index is 1010. The summed E-state index contributed by atoms with van der Waals surface area (Å²) in [4.78, 5) is 38.1. The molecule has 7 nitrogen and oxygen atoms in total. The van der Waals surface area contributed by atoms with Crippen molar-refractivity contribution in [3.05, 3.63) is 59.7 Å². The van der Waals surface area contributed by atoms with Gasteiger partial charge < -0.3 is 20.1 Å². The second kappa shape index (κ2) is 8.30. The third-order valence-electron chi connectivity index (χ3n) is 7.20. The summed E-state index contributed by atoms with van der Waals surface area (Å²) in [6.45, 7) is 0.938. The molecule has 2 amide bonds. The Hall–Kier alpha value is -3.35. The monoisotopic (exact) mass is 434 g/mol. The third-order valence-corrected chi connectivity index (χ3v) is 7.20. The van der Waals surface area contributed by atoms with Gasteiger partial charge in [0, 0.05) is 19.0 Å². The summed E-state index contributed by atoms with van der Waals surface area (Å²) in [6.07, 6.45) is 1.06. The number of ether oxygens (including phenoxy) is 1. The number of aliphatic carboxylic acids is 1. The van der Waals surface area contributed by atoms with Crippen molar-refractivity contribution in [2.45, 2.75) is 18.8 Å². The van der Waals surface area contributed by atoms with Gasteiger partial charge in [0.15, 0.2) is 0 Å². The Morgan fingerprint density at radius 1 is 0.938 bits per heavy atom. The largest absolute Gasteiger partial charge is 0.481 e. The summed E-state index contributed by atoms with van der Waals surface area (Å²) in [5.74, 6) is -1.33. The number of nitrogens with zero attached hydrogens (tertiary/aromatic N) is 1. The molecule has 2 fully saturated rings. The summed E-state index contributed by atoms with van der Waals surface area (Å²) < 4.78 is 5.48. The Morgan fingerprint density at radius 3 is 2.06 bits per heavy atom. The van der Waals surface area contributed by atoms with Crippen LogP contribution in [0, 0.1) is 17.8 Å². The fourth-order valence-corrected chi connectivity index (χ4v) is 5.74. The second-order valence-electron chi connectivity index (χ2n) is 8.94. The first-order valence-corrected chi connectivity index (χ1v) is 11.1. The minimum atomic E-state index is -0.763. The van der Waals surface area contributed by atoms with Crippen molar-refractivity contribution in [3.63, 3.8) is 0 Å². The lowest BCUT2D eigenvalue weighted by molar-refractivity contribution is -0.149. The van der Waals surface area contributed by atoms with Crippen molar-refractivity contribution < 1.29 is 24.2 Å². The number of carboxylic acids is 1. The van der Waals surface area contributed by atoms with Crippen molar-refractivity contribution in [3.8, 4) is 11.1 Å². The van der Waals surface area contributed by atoms with Gasteiger partial charge in [0.05, 0.1) is 5.92 Å². The quantitative estimate of drug-likeness (QED) is 0.754. The predicted octanol–water partition coefficient (Wildman–Crippen LogP) is 3.09. The maximum Gasteiger partial charge on any atom is 0.407 e. The van der Waals surface area contributed by atoms with Crippen LogP contribution < -0.4 is 5.32 Å². The minimum absolute atomic E-state index is 0.00431. The van der Waals surface area contributed by atoms with Gasteiger partial charge in [-0.2, -0.15) is 0 Å². The predicted molar refractivity (Wildman–Crippen MR) is 117 cm³/mol. The molecule has 5 rings (SSSR count). The molecule has 2 aliphatic carbocycles. The zero-order valence-electron chi connectivity index (χ0n) is 17.7. The average molecular weight is 434 g/mol. The van der Waals surface area contributed by atoms with Gasteiger partial charge in [-0.15, -0.1) is 0 Å². The molecule has 1 saturated carbocycles. The number of hydrogen-bond acceptors (Lipinski definition) is 4. The molecule has 3 aliphatic rings. The lowest BCUT2D eigenvalue weighted by Crippen LogP contribution is -2.50. The molecule has 2 aromatic carbocycles. The number of hydrogen-bond donors (Lipinski definition) is 2. The molecule has 2 atom stereocenters. The van der Waals surface area contributed by atoms with Gasteiger partial charge in [-0.1, -0.05) is 48.5 Å². The van der Waals surface area contributed by atoms with E-state index in [9.17, 15) is 19.5 Å². The molecule has 7 heteroatoms. The van der Waals surface area contributed by atoms with E-state index in [0.717, 1.165) is 35.1 Å². The summed E-state index contributed by atoms with van der Waals surface area (Å²) in [5.41, 5.74) is 4.59. The Kier molecular flexibility index (Phi) is 5.33. The fraction of sp³-hybridized carbons (Fsp3) is 0.400. The number of likely N-dealkylation sites (tertiary alicyclic amines) is 1. The number of benzene rings is 2. The number of alkyl carbamates (subject to hydrolysis) is 1. The highest BCUT2D eigenvalue weighted by Gasteiger charge is 2.46. The van der Waals surface area contributed by atoms with Crippen molar-refractivity contribution in [2.75, 3.05) is 26.2 Å². The maximum absolute atomic E-state index is 12.6. The van der Waals surface area contributed by atoms with E-state index in [1.807, 2.05) is 24.3 Å². The number of piperidine rings is 1. The molecule has 2 bridgehead atoms. The first kappa shape index (κ1) is 20.5. The van der Waals surface area contributed by atoms with Gasteiger partial charge in [0.2, 0.25) is 5.91 Å². The highest BCUT2D eigenvalue weighted by atomic mass is 16.5. The highest BCUT2D eigenvalue weighted by molar-refractivity contribution is 5.83. The number of nitrogens with one attached hydrogen (secondary N) is 1. The van der Waals surface area contributed by atoms with Crippen molar-refractivity contribution in [1.82, 2.24) is 10.2 Å². The molecule has 1 aliphatic heterocycles. The van der Waals surface area contributed by atoms with E-state index in [1.165, 1.54) is 0 Å². The first-order valence-electron chi connectivity index (χ1n) is 11.1. The van der Waals surface area contributed by atoms with Gasteiger partial charge in [0.25, 0.3) is 0 Å². The van der Waals surface area contributed by atoms with Crippen molar-refractivity contribution in [1.29, 1.82) is 0 Å². The standard InChI is InChI=1S/C25H26N2O5/c28-22(27-12-15-9-10-16(13-27)23(15)24(29)30)11-26-25(31)32-14-21-19-7-3-1-5-17(19)18-6-2-4-8-20(18)21/h1-8,15-16,21,23H,9-14H2,(H,26,31)(H,29,30). The van der Waals surface area contributed by atoms with E-state index >= 15 is 0 Å². The molecular weight excluding hydrogens is 408 g/mol. The van der Waals surface area contributed by atoms with Crippen LogP contribution in [0.1, 0.15) is 29.9 Å². The van der Waals surface area contributed by atoms with Crippen molar-refractivity contribution >= 4 is 18.0 Å². The SMILES string of the molecule is O=C(NCC(=O)N1CC2CCC(C1)C2C(=O)O)OCC1c2ccccc2-c2ccccc21. The number of rotatable bonds is 5. The maximum atomic E-state index is 12.6.